The predicted octanol–water partition coefficient (Wildman–Crippen LogP) is -11.0. The Morgan fingerprint density at radius 1 is 0.470 bits per heavy atom. The Hall–Kier alpha value is -2.02. The van der Waals surface area contributed by atoms with E-state index >= 15 is 0 Å². The predicted molar refractivity (Wildman–Crippen MR) is 222 cm³/mol. The molecule has 0 bridgehead atoms. The fourth-order valence-corrected chi connectivity index (χ4v) is 10.2. The summed E-state index contributed by atoms with van der Waals surface area (Å²) in [4.78, 5) is 124. The van der Waals surface area contributed by atoms with Gasteiger partial charge in [0.25, 0.3) is 0 Å². The average molecular weight is 970 g/mol. The van der Waals surface area contributed by atoms with Crippen LogP contribution in [0.5, 0.6) is 0 Å². The van der Waals surface area contributed by atoms with Gasteiger partial charge in [-0.25, -0.2) is 0 Å². The van der Waals surface area contributed by atoms with Crippen LogP contribution in [0.2, 0.25) is 0 Å². The molecule has 0 aromatic rings. The van der Waals surface area contributed by atoms with Crippen LogP contribution in [-0.4, -0.2) is 101 Å². The smallest absolute Gasteiger partial charge is 0.548 e. The molecular formula is C39H57Li3N3O18P3. The molecule has 12 N–H and O–H groups in total. The van der Waals surface area contributed by atoms with Crippen LogP contribution in [0.3, 0.4) is 0 Å². The third kappa shape index (κ3) is 23.1. The summed E-state index contributed by atoms with van der Waals surface area (Å²) in [5.74, 6) is -8.40. The molecular weight excluding hydrogens is 912 g/mol. The molecule has 0 spiro atoms. The molecule has 21 nitrogen and oxygen atoms in total. The van der Waals surface area contributed by atoms with Gasteiger partial charge in [0.05, 0.1) is 52.6 Å². The van der Waals surface area contributed by atoms with Gasteiger partial charge in [0, 0.05) is 35.9 Å². The first-order valence-electron chi connectivity index (χ1n) is 19.4. The van der Waals surface area contributed by atoms with Gasteiger partial charge < -0.3 is 76.3 Å². The molecule has 0 aromatic heterocycles. The maximum Gasteiger partial charge on any atom is 1.00 e. The molecule has 0 aliphatic heterocycles. The number of hydrogen-bond acceptors (Lipinski definition) is 15. The van der Waals surface area contributed by atoms with Crippen molar-refractivity contribution in [3.63, 3.8) is 0 Å². The number of nitrogens with two attached hydrogens (primary N) is 3. The molecule has 354 valence electrons. The van der Waals surface area contributed by atoms with Crippen molar-refractivity contribution in [2.24, 2.45) is 51.2 Å². The van der Waals surface area contributed by atoms with E-state index in [1.807, 2.05) is 0 Å². The maximum atomic E-state index is 12.6. The largest absolute Gasteiger partial charge is 1.00 e. The standard InChI is InChI=1S/3C13H20NO6P.3Li/c3*1-9(8-21(18,19)20)11(15)13(5-3-2-4-6-13)7-10(14)12(16)17;;;/h3*2-5,9-10H,6-8,14H2,1H3,(H,16,17)(H2,18,19,20);;;/q;;;3*+1/p-3/t3*9?,10-,13?;;;/m000.../s1. The van der Waals surface area contributed by atoms with Crippen molar-refractivity contribution in [2.75, 3.05) is 18.5 Å². The van der Waals surface area contributed by atoms with Crippen molar-refractivity contribution in [3.8, 4) is 0 Å². The van der Waals surface area contributed by atoms with Crippen molar-refractivity contribution < 1.29 is 144 Å². The number of carboxylic acids is 3. The summed E-state index contributed by atoms with van der Waals surface area (Å²) in [5.41, 5.74) is 12.9. The van der Waals surface area contributed by atoms with Crippen molar-refractivity contribution in [3.05, 3.63) is 72.9 Å². The molecule has 0 saturated carbocycles. The van der Waals surface area contributed by atoms with E-state index in [4.69, 9.17) is 46.6 Å². The Morgan fingerprint density at radius 2 is 0.667 bits per heavy atom. The number of rotatable bonds is 21. The van der Waals surface area contributed by atoms with Crippen LogP contribution < -0.4 is 89.1 Å². The molecule has 6 unspecified atom stereocenters. The molecule has 27 heteroatoms. The van der Waals surface area contributed by atoms with Gasteiger partial charge in [-0.3, -0.25) is 28.1 Å². The van der Waals surface area contributed by atoms with E-state index in [0.29, 0.717) is 0 Å². The van der Waals surface area contributed by atoms with Gasteiger partial charge in [-0.05, 0) is 38.5 Å². The maximum absolute atomic E-state index is 12.6. The number of Topliss-reactive ketones (excluding diaryl/α,β-unsaturated/α-hetero) is 3. The molecule has 66 heavy (non-hydrogen) atoms. The second-order valence-electron chi connectivity index (χ2n) is 16.2. The number of carbonyl (C=O) groups excluding carboxylic acids is 6. The van der Waals surface area contributed by atoms with E-state index in [2.05, 4.69) is 0 Å². The molecule has 3 aliphatic carbocycles. The molecule has 0 heterocycles. The zero-order chi connectivity index (χ0) is 48.8. The van der Waals surface area contributed by atoms with E-state index in [9.17, 15) is 57.8 Å². The van der Waals surface area contributed by atoms with Crippen LogP contribution in [0.4, 0.5) is 0 Å². The third-order valence-corrected chi connectivity index (χ3v) is 13.5. The minimum absolute atomic E-state index is 0. The summed E-state index contributed by atoms with van der Waals surface area (Å²) < 4.78 is 33.1. The summed E-state index contributed by atoms with van der Waals surface area (Å²) in [6.45, 7) is 4.25. The normalized spacial score (nSPS) is 23.5. The van der Waals surface area contributed by atoms with Crippen LogP contribution in [0.15, 0.2) is 72.9 Å². The van der Waals surface area contributed by atoms with Gasteiger partial charge in [0.15, 0.2) is 0 Å². The Balaban J connectivity index is -0.000000882. The minimum atomic E-state index is -4.33. The first-order valence-corrected chi connectivity index (χ1v) is 24.8. The van der Waals surface area contributed by atoms with Gasteiger partial charge in [-0.15, -0.1) is 0 Å². The summed E-state index contributed by atoms with van der Waals surface area (Å²) in [6, 6.07) is -3.98. The number of ketones is 3. The summed E-state index contributed by atoms with van der Waals surface area (Å²) in [7, 11) is -13.0. The SMILES string of the molecule is CC(CP(=O)(O)O)C(=O)C1(C[C@H](N)C(=O)[O-])C=CC=CC1.CC(CP(=O)(O)O)C(=O)C1(C[C@H](N)C(=O)[O-])C=CC=CC1.CC(CP(=O)(O)O)C(=O)C1(C[C@H](N)C(=O)[O-])C=CC=CC1.[Li+].[Li+].[Li+]. The summed E-state index contributed by atoms with van der Waals surface area (Å²) in [5, 5.41) is 32.5. The molecule has 9 atom stereocenters. The van der Waals surface area contributed by atoms with E-state index in [1.54, 1.807) is 72.9 Å². The fourth-order valence-electron chi connectivity index (χ4n) is 7.52. The van der Waals surface area contributed by atoms with Crippen LogP contribution in [0, 0.1) is 34.0 Å². The zero-order valence-corrected chi connectivity index (χ0v) is 40.6. The molecule has 0 aromatic carbocycles. The Labute approximate surface area is 419 Å². The third-order valence-electron chi connectivity index (χ3n) is 10.4. The quantitative estimate of drug-likeness (QED) is 0.0381. The van der Waals surface area contributed by atoms with Crippen molar-refractivity contribution in [2.45, 2.75) is 77.4 Å². The monoisotopic (exact) mass is 969 g/mol. The summed E-state index contributed by atoms with van der Waals surface area (Å²) in [6.07, 6.45) is 18.2. The number of carboxylic acid groups (broad SMARTS) is 3. The van der Waals surface area contributed by atoms with Crippen molar-refractivity contribution in [1.29, 1.82) is 0 Å². The number of allylic oxidation sites excluding steroid dienone is 12. The van der Waals surface area contributed by atoms with E-state index in [-0.39, 0.29) is 95.1 Å². The van der Waals surface area contributed by atoms with Crippen molar-refractivity contribution in [1.82, 2.24) is 0 Å². The zero-order valence-electron chi connectivity index (χ0n) is 37.9. The first kappa shape index (κ1) is 68.2. The van der Waals surface area contributed by atoms with E-state index in [1.165, 1.54) is 20.8 Å². The molecule has 0 fully saturated rings. The van der Waals surface area contributed by atoms with Gasteiger partial charge in [-0.1, -0.05) is 93.7 Å². The van der Waals surface area contributed by atoms with Gasteiger partial charge in [-0.2, -0.15) is 0 Å². The molecule has 0 amide bonds. The first-order chi connectivity index (χ1) is 28.7. The van der Waals surface area contributed by atoms with E-state index < -0.39 is 129 Å². The van der Waals surface area contributed by atoms with Gasteiger partial charge >= 0.3 is 79.4 Å². The number of hydrogen-bond donors (Lipinski definition) is 9. The molecule has 3 aliphatic rings. The molecule has 0 saturated heterocycles. The number of carbonyl (C=O) groups is 6. The van der Waals surface area contributed by atoms with Crippen LogP contribution >= 0.6 is 22.8 Å². The molecule has 0 radical (unpaired) electrons. The Kier molecular flexibility index (Phi) is 30.2. The fraction of sp³-hybridized carbons (Fsp3) is 0.538. The Morgan fingerprint density at radius 3 is 0.803 bits per heavy atom. The minimum Gasteiger partial charge on any atom is -0.548 e. The topological polar surface area (TPSA) is 422 Å². The second kappa shape index (κ2) is 29.2. The number of aliphatic carboxylic acids is 3. The van der Waals surface area contributed by atoms with Gasteiger partial charge in [0.2, 0.25) is 0 Å². The van der Waals surface area contributed by atoms with Crippen molar-refractivity contribution >= 4 is 58.0 Å². The van der Waals surface area contributed by atoms with E-state index in [0.717, 1.165) is 0 Å². The second-order valence-corrected chi connectivity index (χ2v) is 21.3. The Bertz CT molecular complexity index is 1810. The average Bonchev–Trinajstić information content (AvgIpc) is 3.16. The van der Waals surface area contributed by atoms with Crippen LogP contribution in [0.1, 0.15) is 59.3 Å². The molecule has 3 rings (SSSR count). The van der Waals surface area contributed by atoms with Gasteiger partial charge in [0.1, 0.15) is 17.3 Å². The van der Waals surface area contributed by atoms with Crippen LogP contribution in [0.25, 0.3) is 0 Å². The van der Waals surface area contributed by atoms with Crippen LogP contribution in [-0.2, 0) is 42.5 Å². The summed E-state index contributed by atoms with van der Waals surface area (Å²) >= 11 is 0.